The Labute approximate surface area is 134 Å². The molecule has 1 amide bonds. The summed E-state index contributed by atoms with van der Waals surface area (Å²) in [6.45, 7) is 10.0. The molecule has 3 heterocycles. The molecule has 3 aromatic rings. The maximum absolute atomic E-state index is 12.6. The van der Waals surface area contributed by atoms with Crippen molar-refractivity contribution in [2.75, 3.05) is 5.32 Å². The summed E-state index contributed by atoms with van der Waals surface area (Å²) in [7, 11) is 0. The van der Waals surface area contributed by atoms with Gasteiger partial charge >= 0.3 is 0 Å². The first-order chi connectivity index (χ1) is 10.9. The zero-order valence-electron chi connectivity index (χ0n) is 14.0. The molecule has 0 spiro atoms. The third-order valence-corrected chi connectivity index (χ3v) is 4.01. The monoisotopic (exact) mass is 312 g/mol. The first-order valence-corrected chi connectivity index (χ1v) is 7.60. The molecule has 23 heavy (non-hydrogen) atoms. The molecule has 120 valence electrons. The second kappa shape index (κ2) is 5.53. The van der Waals surface area contributed by atoms with Crippen LogP contribution in [0.3, 0.4) is 0 Å². The van der Waals surface area contributed by atoms with Gasteiger partial charge in [-0.15, -0.1) is 0 Å². The Balaban J connectivity index is 1.91. The highest BCUT2D eigenvalue weighted by atomic mass is 16.5. The number of aryl methyl sites for hydroxylation is 2. The third kappa shape index (κ3) is 2.60. The van der Waals surface area contributed by atoms with Gasteiger partial charge in [-0.1, -0.05) is 5.16 Å². The third-order valence-electron chi connectivity index (χ3n) is 4.01. The number of fused-ring (bicyclic) bond motifs is 1. The molecule has 0 fully saturated rings. The average molecular weight is 312 g/mol. The van der Waals surface area contributed by atoms with Gasteiger partial charge in [-0.3, -0.25) is 4.79 Å². The summed E-state index contributed by atoms with van der Waals surface area (Å²) < 4.78 is 7.23. The van der Waals surface area contributed by atoms with Gasteiger partial charge in [0.15, 0.2) is 0 Å². The van der Waals surface area contributed by atoms with E-state index in [2.05, 4.69) is 33.9 Å². The quantitative estimate of drug-likeness (QED) is 0.798. The van der Waals surface area contributed by atoms with Crippen LogP contribution in [0.5, 0.6) is 0 Å². The first-order valence-electron chi connectivity index (χ1n) is 7.60. The largest absolute Gasteiger partial charge is 0.346 e. The summed E-state index contributed by atoms with van der Waals surface area (Å²) in [5, 5.41) is 7.57. The molecular weight excluding hydrogens is 292 g/mol. The van der Waals surface area contributed by atoms with Crippen LogP contribution in [0.1, 0.15) is 47.3 Å². The van der Waals surface area contributed by atoms with Crippen LogP contribution in [0.15, 0.2) is 22.9 Å². The number of rotatable bonds is 3. The summed E-state index contributed by atoms with van der Waals surface area (Å²) in [5.41, 5.74) is 4.57. The van der Waals surface area contributed by atoms with E-state index in [1.807, 2.05) is 32.9 Å². The molecule has 0 aliphatic carbocycles. The van der Waals surface area contributed by atoms with E-state index < -0.39 is 0 Å². The first kappa shape index (κ1) is 15.3. The number of amides is 1. The molecule has 0 aliphatic rings. The Morgan fingerprint density at radius 1 is 1.26 bits per heavy atom. The number of carbonyl (C=O) groups excluding carboxylic acids is 1. The lowest BCUT2D eigenvalue weighted by Crippen LogP contribution is -2.14. The number of pyridine rings is 1. The minimum absolute atomic E-state index is 0.139. The Hall–Kier alpha value is -2.63. The molecule has 0 saturated carbocycles. The van der Waals surface area contributed by atoms with Gasteiger partial charge in [-0.05, 0) is 46.8 Å². The predicted molar refractivity (Wildman–Crippen MR) is 88.8 cm³/mol. The molecule has 0 unspecified atom stereocenters. The van der Waals surface area contributed by atoms with Crippen molar-refractivity contribution in [1.29, 1.82) is 0 Å². The number of aromatic nitrogens is 3. The smallest absolute Gasteiger partial charge is 0.258 e. The summed E-state index contributed by atoms with van der Waals surface area (Å²) in [5.74, 6) is -0.139. The Kier molecular flexibility index (Phi) is 3.67. The molecular formula is C17H20N4O2. The highest BCUT2D eigenvalue weighted by Crippen LogP contribution is 2.23. The Morgan fingerprint density at radius 3 is 2.65 bits per heavy atom. The van der Waals surface area contributed by atoms with Gasteiger partial charge in [-0.25, -0.2) is 4.98 Å². The van der Waals surface area contributed by atoms with Crippen molar-refractivity contribution < 1.29 is 9.32 Å². The Bertz CT molecular complexity index is 890. The van der Waals surface area contributed by atoms with E-state index >= 15 is 0 Å². The van der Waals surface area contributed by atoms with Crippen molar-refractivity contribution in [3.05, 3.63) is 41.0 Å². The van der Waals surface area contributed by atoms with Gasteiger partial charge in [0, 0.05) is 17.4 Å². The maximum Gasteiger partial charge on any atom is 0.258 e. The van der Waals surface area contributed by atoms with Crippen LogP contribution in [0, 0.1) is 20.8 Å². The second-order valence-corrected chi connectivity index (χ2v) is 6.05. The molecule has 6 heteroatoms. The van der Waals surface area contributed by atoms with E-state index in [-0.39, 0.29) is 5.91 Å². The molecule has 0 bridgehead atoms. The zero-order chi connectivity index (χ0) is 16.7. The number of nitrogens with zero attached hydrogens (tertiary/aromatic N) is 3. The van der Waals surface area contributed by atoms with E-state index in [1.165, 1.54) is 0 Å². The topological polar surface area (TPSA) is 73.0 Å². The minimum Gasteiger partial charge on any atom is -0.346 e. The highest BCUT2D eigenvalue weighted by Gasteiger charge is 2.17. The Morgan fingerprint density at radius 2 is 2.00 bits per heavy atom. The molecule has 0 radical (unpaired) electrons. The van der Waals surface area contributed by atoms with E-state index in [0.29, 0.717) is 23.0 Å². The maximum atomic E-state index is 12.6. The van der Waals surface area contributed by atoms with Crippen LogP contribution in [0.2, 0.25) is 0 Å². The summed E-state index contributed by atoms with van der Waals surface area (Å²) >= 11 is 0. The van der Waals surface area contributed by atoms with Crippen molar-refractivity contribution in [3.8, 4) is 0 Å². The zero-order valence-corrected chi connectivity index (χ0v) is 14.0. The van der Waals surface area contributed by atoms with Crippen LogP contribution in [-0.4, -0.2) is 20.6 Å². The van der Waals surface area contributed by atoms with Crippen LogP contribution in [-0.2, 0) is 0 Å². The summed E-state index contributed by atoms with van der Waals surface area (Å²) in [6.07, 6.45) is 1.58. The van der Waals surface area contributed by atoms with Gasteiger partial charge in [0.2, 0.25) is 0 Å². The second-order valence-electron chi connectivity index (χ2n) is 6.05. The molecule has 0 saturated heterocycles. The highest BCUT2D eigenvalue weighted by molar-refractivity contribution is 6.05. The van der Waals surface area contributed by atoms with E-state index in [1.54, 1.807) is 6.20 Å². The number of nitrogens with one attached hydrogen (secondary N) is 1. The molecule has 0 atom stereocenters. The lowest BCUT2D eigenvalue weighted by Gasteiger charge is -2.13. The number of hydrogen-bond acceptors (Lipinski definition) is 4. The fraction of sp³-hybridized carbons (Fsp3) is 0.353. The molecule has 0 aliphatic heterocycles. The number of hydrogen-bond donors (Lipinski definition) is 1. The van der Waals surface area contributed by atoms with Gasteiger partial charge in [0.25, 0.3) is 11.6 Å². The van der Waals surface area contributed by atoms with Crippen LogP contribution in [0.25, 0.3) is 11.1 Å². The van der Waals surface area contributed by atoms with Gasteiger partial charge in [0.05, 0.1) is 28.5 Å². The van der Waals surface area contributed by atoms with Crippen LogP contribution >= 0.6 is 0 Å². The number of carbonyl (C=O) groups is 1. The van der Waals surface area contributed by atoms with Crippen molar-refractivity contribution in [2.24, 2.45) is 0 Å². The lowest BCUT2D eigenvalue weighted by molar-refractivity contribution is 0.102. The van der Waals surface area contributed by atoms with Gasteiger partial charge < -0.3 is 14.4 Å². The van der Waals surface area contributed by atoms with Crippen molar-refractivity contribution in [2.45, 2.75) is 40.7 Å². The summed E-state index contributed by atoms with van der Waals surface area (Å²) in [4.78, 5) is 16.8. The van der Waals surface area contributed by atoms with Crippen LogP contribution < -0.4 is 5.32 Å². The van der Waals surface area contributed by atoms with E-state index in [4.69, 9.17) is 4.52 Å². The van der Waals surface area contributed by atoms with Crippen molar-refractivity contribution in [3.63, 3.8) is 0 Å². The molecule has 0 aromatic carbocycles. The summed E-state index contributed by atoms with van der Waals surface area (Å²) in [6, 6.07) is 4.06. The van der Waals surface area contributed by atoms with E-state index in [0.717, 1.165) is 22.5 Å². The molecule has 6 nitrogen and oxygen atoms in total. The van der Waals surface area contributed by atoms with Crippen LogP contribution in [0.4, 0.5) is 5.69 Å². The predicted octanol–water partition coefficient (Wildman–Crippen LogP) is 3.78. The molecule has 3 rings (SSSR count). The normalized spacial score (nSPS) is 11.4. The SMILES string of the molecule is Cc1noc2ncc(NC(=O)c3cc(C)n(C(C)C)c3C)cc12. The van der Waals surface area contributed by atoms with E-state index in [9.17, 15) is 4.79 Å². The number of anilines is 1. The lowest BCUT2D eigenvalue weighted by atomic mass is 10.2. The minimum atomic E-state index is -0.139. The van der Waals surface area contributed by atoms with Gasteiger partial charge in [0.1, 0.15) is 0 Å². The fourth-order valence-electron chi connectivity index (χ4n) is 3.01. The average Bonchev–Trinajstić information content (AvgIpc) is 2.99. The fourth-order valence-corrected chi connectivity index (χ4v) is 3.01. The van der Waals surface area contributed by atoms with Crippen molar-refractivity contribution >= 4 is 22.7 Å². The standard InChI is InChI=1S/C17H20N4O2/c1-9(2)21-10(3)6-15(12(21)5)16(22)19-13-7-14-11(4)20-23-17(14)18-8-13/h6-9H,1-5H3,(H,19,22). The molecule has 1 N–H and O–H groups in total. The molecule has 3 aromatic heterocycles. The van der Waals surface area contributed by atoms with Gasteiger partial charge in [-0.2, -0.15) is 0 Å². The van der Waals surface area contributed by atoms with Crippen molar-refractivity contribution in [1.82, 2.24) is 14.7 Å².